The van der Waals surface area contributed by atoms with Crippen molar-refractivity contribution in [2.45, 2.75) is 45.1 Å². The Morgan fingerprint density at radius 1 is 1.23 bits per heavy atom. The Balaban J connectivity index is 1.66. The molecular formula is C23H27N5OS. The first-order valence-electron chi connectivity index (χ1n) is 10.2. The van der Waals surface area contributed by atoms with Crippen molar-refractivity contribution in [2.24, 2.45) is 0 Å². The number of nitrogens with zero attached hydrogens (tertiary/aromatic N) is 4. The van der Waals surface area contributed by atoms with Gasteiger partial charge in [-0.3, -0.25) is 4.79 Å². The van der Waals surface area contributed by atoms with Crippen LogP contribution in [0.1, 0.15) is 62.8 Å². The number of amides is 1. The van der Waals surface area contributed by atoms with Crippen molar-refractivity contribution in [3.63, 3.8) is 0 Å². The molecule has 1 aliphatic carbocycles. The fourth-order valence-electron chi connectivity index (χ4n) is 3.45. The average Bonchev–Trinajstić information content (AvgIpc) is 3.48. The molecule has 0 saturated heterocycles. The average molecular weight is 422 g/mol. The van der Waals surface area contributed by atoms with Crippen LogP contribution in [-0.2, 0) is 6.42 Å². The van der Waals surface area contributed by atoms with E-state index in [4.69, 9.17) is 9.97 Å². The van der Waals surface area contributed by atoms with Gasteiger partial charge in [0.15, 0.2) is 0 Å². The number of aromatic nitrogens is 3. The summed E-state index contributed by atoms with van der Waals surface area (Å²) in [5, 5.41) is 3.22. The maximum Gasteiger partial charge on any atom is 0.263 e. The molecule has 1 amide bonds. The van der Waals surface area contributed by atoms with Gasteiger partial charge in [-0.15, -0.1) is 11.3 Å². The monoisotopic (exact) mass is 421 g/mol. The number of carbonyl (C=O) groups is 1. The van der Waals surface area contributed by atoms with Crippen LogP contribution in [0, 0.1) is 13.8 Å². The summed E-state index contributed by atoms with van der Waals surface area (Å²) in [6, 6.07) is 10.1. The van der Waals surface area contributed by atoms with Crippen molar-refractivity contribution in [3.8, 4) is 0 Å². The number of rotatable bonds is 7. The topological polar surface area (TPSA) is 71.0 Å². The number of hydrogen-bond donors (Lipinski definition) is 1. The lowest BCUT2D eigenvalue weighted by molar-refractivity contribution is 0.0939. The highest BCUT2D eigenvalue weighted by atomic mass is 32.1. The third kappa shape index (κ3) is 4.67. The zero-order valence-electron chi connectivity index (χ0n) is 17.8. The molecule has 0 radical (unpaired) electrons. The molecule has 1 atom stereocenters. The molecule has 1 N–H and O–H groups in total. The Kier molecular flexibility index (Phi) is 5.81. The second-order valence-electron chi connectivity index (χ2n) is 8.16. The molecule has 0 unspecified atom stereocenters. The zero-order valence-corrected chi connectivity index (χ0v) is 18.7. The molecule has 156 valence electrons. The number of hydrogen-bond acceptors (Lipinski definition) is 6. The zero-order chi connectivity index (χ0) is 21.3. The lowest BCUT2D eigenvalue weighted by Crippen LogP contribution is -2.30. The van der Waals surface area contributed by atoms with E-state index in [1.807, 2.05) is 38.1 Å². The Bertz CT molecular complexity index is 1040. The summed E-state index contributed by atoms with van der Waals surface area (Å²) in [5.74, 6) is 2.21. The number of carbonyl (C=O) groups excluding carboxylic acids is 1. The minimum Gasteiger partial charge on any atom is -0.363 e. The summed E-state index contributed by atoms with van der Waals surface area (Å²) in [4.78, 5) is 29.4. The van der Waals surface area contributed by atoms with Gasteiger partial charge in [0.1, 0.15) is 16.5 Å². The van der Waals surface area contributed by atoms with E-state index in [1.54, 1.807) is 5.51 Å². The molecule has 6 nitrogen and oxygen atoms in total. The van der Waals surface area contributed by atoms with Crippen LogP contribution in [0.25, 0.3) is 0 Å². The number of thiazole rings is 1. The first kappa shape index (κ1) is 20.5. The van der Waals surface area contributed by atoms with E-state index in [0.717, 1.165) is 47.0 Å². The molecule has 1 saturated carbocycles. The van der Waals surface area contributed by atoms with Crippen molar-refractivity contribution in [2.75, 3.05) is 19.0 Å². The lowest BCUT2D eigenvalue weighted by Gasteiger charge is -2.21. The van der Waals surface area contributed by atoms with Gasteiger partial charge >= 0.3 is 0 Å². The minimum atomic E-state index is -0.184. The normalized spacial score (nSPS) is 14.4. The SMILES string of the molecule is Cc1cccc([C@H](Cc2cc(N(C)C)nc(C3CC3)n2)NC(=O)c2scnc2C)c1. The third-order valence-corrected chi connectivity index (χ3v) is 6.23. The van der Waals surface area contributed by atoms with Gasteiger partial charge in [-0.1, -0.05) is 29.8 Å². The van der Waals surface area contributed by atoms with Crippen LogP contribution < -0.4 is 10.2 Å². The van der Waals surface area contributed by atoms with E-state index in [2.05, 4.69) is 35.4 Å². The van der Waals surface area contributed by atoms with E-state index in [1.165, 1.54) is 11.3 Å². The predicted octanol–water partition coefficient (Wildman–Crippen LogP) is 4.21. The minimum absolute atomic E-state index is 0.0918. The van der Waals surface area contributed by atoms with Crippen LogP contribution in [0.5, 0.6) is 0 Å². The molecule has 2 heterocycles. The standard InChI is InChI=1S/C23H27N5OS/c1-14-6-5-7-17(10-14)19(26-23(29)21-15(2)24-13-30-21)11-18-12-20(28(3)4)27-22(25-18)16-8-9-16/h5-7,10,12-13,16,19H,8-9,11H2,1-4H3,(H,26,29)/t19-/m0/s1. The third-order valence-electron chi connectivity index (χ3n) is 5.30. The van der Waals surface area contributed by atoms with Gasteiger partial charge in [0.05, 0.1) is 17.2 Å². The van der Waals surface area contributed by atoms with Crippen LogP contribution in [0.4, 0.5) is 5.82 Å². The van der Waals surface area contributed by atoms with Crippen molar-refractivity contribution in [1.82, 2.24) is 20.3 Å². The van der Waals surface area contributed by atoms with E-state index in [0.29, 0.717) is 17.2 Å². The van der Waals surface area contributed by atoms with E-state index >= 15 is 0 Å². The Morgan fingerprint density at radius 2 is 2.03 bits per heavy atom. The fourth-order valence-corrected chi connectivity index (χ4v) is 4.16. The van der Waals surface area contributed by atoms with E-state index in [9.17, 15) is 4.79 Å². The summed E-state index contributed by atoms with van der Waals surface area (Å²) in [6.07, 6.45) is 2.91. The second kappa shape index (κ2) is 8.52. The molecule has 1 fully saturated rings. The molecule has 30 heavy (non-hydrogen) atoms. The molecule has 0 aliphatic heterocycles. The van der Waals surface area contributed by atoms with Crippen molar-refractivity contribution >= 4 is 23.1 Å². The number of nitrogens with one attached hydrogen (secondary N) is 1. The fraction of sp³-hybridized carbons (Fsp3) is 0.391. The summed E-state index contributed by atoms with van der Waals surface area (Å²) >= 11 is 1.37. The van der Waals surface area contributed by atoms with Gasteiger partial charge in [0, 0.05) is 38.2 Å². The van der Waals surface area contributed by atoms with Gasteiger partial charge < -0.3 is 10.2 Å². The van der Waals surface area contributed by atoms with Crippen molar-refractivity contribution in [3.05, 3.63) is 69.1 Å². The first-order chi connectivity index (χ1) is 14.4. The molecule has 3 aromatic rings. The molecule has 0 bridgehead atoms. The molecule has 2 aromatic heterocycles. The van der Waals surface area contributed by atoms with Crippen LogP contribution in [0.15, 0.2) is 35.8 Å². The highest BCUT2D eigenvalue weighted by Crippen LogP contribution is 2.38. The smallest absolute Gasteiger partial charge is 0.263 e. The van der Waals surface area contributed by atoms with Crippen LogP contribution in [0.2, 0.25) is 0 Å². The molecule has 0 spiro atoms. The van der Waals surface area contributed by atoms with Gasteiger partial charge in [-0.05, 0) is 32.3 Å². The van der Waals surface area contributed by atoms with E-state index in [-0.39, 0.29) is 11.9 Å². The highest BCUT2D eigenvalue weighted by Gasteiger charge is 2.28. The molecule has 7 heteroatoms. The van der Waals surface area contributed by atoms with Crippen LogP contribution in [0.3, 0.4) is 0 Å². The predicted molar refractivity (Wildman–Crippen MR) is 120 cm³/mol. The van der Waals surface area contributed by atoms with Crippen molar-refractivity contribution in [1.29, 1.82) is 0 Å². The van der Waals surface area contributed by atoms with E-state index < -0.39 is 0 Å². The highest BCUT2D eigenvalue weighted by molar-refractivity contribution is 7.11. The first-order valence-corrected chi connectivity index (χ1v) is 11.1. The maximum atomic E-state index is 13.0. The Labute approximate surface area is 181 Å². The van der Waals surface area contributed by atoms with Gasteiger partial charge in [0.25, 0.3) is 5.91 Å². The summed E-state index contributed by atoms with van der Waals surface area (Å²) in [6.45, 7) is 3.93. The van der Waals surface area contributed by atoms with Crippen LogP contribution >= 0.6 is 11.3 Å². The Morgan fingerprint density at radius 3 is 2.67 bits per heavy atom. The quantitative estimate of drug-likeness (QED) is 0.619. The summed E-state index contributed by atoms with van der Waals surface area (Å²) < 4.78 is 0. The lowest BCUT2D eigenvalue weighted by atomic mass is 9.99. The number of benzene rings is 1. The largest absolute Gasteiger partial charge is 0.363 e. The summed E-state index contributed by atoms with van der Waals surface area (Å²) in [7, 11) is 3.99. The number of anilines is 1. The molecular weight excluding hydrogens is 394 g/mol. The Hall–Kier alpha value is -2.80. The molecule has 1 aromatic carbocycles. The van der Waals surface area contributed by atoms with Gasteiger partial charge in [0.2, 0.25) is 0 Å². The van der Waals surface area contributed by atoms with Gasteiger partial charge in [-0.2, -0.15) is 0 Å². The van der Waals surface area contributed by atoms with Crippen molar-refractivity contribution < 1.29 is 4.79 Å². The van der Waals surface area contributed by atoms with Gasteiger partial charge in [-0.25, -0.2) is 15.0 Å². The number of aryl methyl sites for hydroxylation is 2. The molecule has 1 aliphatic rings. The maximum absolute atomic E-state index is 13.0. The second-order valence-corrected chi connectivity index (χ2v) is 9.01. The molecule has 4 rings (SSSR count). The summed E-state index contributed by atoms with van der Waals surface area (Å²) in [5.41, 5.74) is 5.65. The van der Waals surface area contributed by atoms with Crippen LogP contribution in [-0.4, -0.2) is 35.0 Å².